The molecule has 0 amide bonds. The molecule has 0 unspecified atom stereocenters. The number of nitrogens with one attached hydrogen (secondary N) is 1. The Labute approximate surface area is 95.3 Å². The van der Waals surface area contributed by atoms with Crippen LogP contribution in [0.2, 0.25) is 0 Å². The highest BCUT2D eigenvalue weighted by Crippen LogP contribution is 2.19. The van der Waals surface area contributed by atoms with Crippen molar-refractivity contribution in [1.82, 2.24) is 9.97 Å². The zero-order chi connectivity index (χ0) is 13.1. The zero-order valence-corrected chi connectivity index (χ0v) is 9.01. The highest BCUT2D eigenvalue weighted by molar-refractivity contribution is 5.93. The molecule has 0 atom stereocenters. The molecule has 0 aliphatic heterocycles. The van der Waals surface area contributed by atoms with Crippen molar-refractivity contribution in [2.24, 2.45) is 5.73 Å². The average Bonchev–Trinajstić information content (AvgIpc) is 2.14. The summed E-state index contributed by atoms with van der Waals surface area (Å²) in [6, 6.07) is 1.23. The molecule has 17 heavy (non-hydrogen) atoms. The lowest BCUT2D eigenvalue weighted by Crippen LogP contribution is -2.17. The summed E-state index contributed by atoms with van der Waals surface area (Å²) < 4.78 is 40.4. The Kier molecular flexibility index (Phi) is 3.87. The van der Waals surface area contributed by atoms with Crippen molar-refractivity contribution in [1.29, 1.82) is 5.41 Å². The molecule has 8 heteroatoms. The molecule has 5 nitrogen and oxygen atoms in total. The van der Waals surface area contributed by atoms with Crippen molar-refractivity contribution < 1.29 is 17.9 Å². The van der Waals surface area contributed by atoms with Crippen molar-refractivity contribution in [3.8, 4) is 6.01 Å². The van der Waals surface area contributed by atoms with Crippen LogP contribution in [0.1, 0.15) is 17.8 Å². The van der Waals surface area contributed by atoms with Gasteiger partial charge in [0, 0.05) is 5.69 Å². The third kappa shape index (κ3) is 4.66. The predicted molar refractivity (Wildman–Crippen MR) is 54.0 cm³/mol. The molecule has 0 saturated heterocycles. The van der Waals surface area contributed by atoms with E-state index in [0.29, 0.717) is 5.69 Å². The lowest BCUT2D eigenvalue weighted by Gasteiger charge is -2.08. The van der Waals surface area contributed by atoms with Crippen LogP contribution in [0, 0.1) is 12.3 Å². The van der Waals surface area contributed by atoms with Gasteiger partial charge in [0.15, 0.2) is 0 Å². The van der Waals surface area contributed by atoms with Crippen LogP contribution in [0.4, 0.5) is 13.2 Å². The summed E-state index contributed by atoms with van der Waals surface area (Å²) in [5, 5.41) is 7.16. The average molecular weight is 248 g/mol. The van der Waals surface area contributed by atoms with Crippen molar-refractivity contribution in [2.45, 2.75) is 19.5 Å². The summed E-state index contributed by atoms with van der Waals surface area (Å²) in [6.07, 6.45) is -5.37. The summed E-state index contributed by atoms with van der Waals surface area (Å²) in [4.78, 5) is 7.49. The van der Waals surface area contributed by atoms with Gasteiger partial charge in [-0.05, 0) is 13.0 Å². The molecule has 94 valence electrons. The minimum Gasteiger partial charge on any atom is -0.463 e. The molecule has 0 fully saturated rings. The highest BCUT2D eigenvalue weighted by Gasteiger charge is 2.27. The Morgan fingerprint density at radius 1 is 1.47 bits per heavy atom. The molecule has 1 heterocycles. The van der Waals surface area contributed by atoms with E-state index < -0.39 is 19.2 Å². The lowest BCUT2D eigenvalue weighted by atomic mass is 10.3. The minimum atomic E-state index is -4.28. The van der Waals surface area contributed by atoms with Gasteiger partial charge in [-0.3, -0.25) is 5.41 Å². The fourth-order valence-corrected chi connectivity index (χ4v) is 1.00. The number of hydrogen-bond acceptors (Lipinski definition) is 4. The van der Waals surface area contributed by atoms with Crippen LogP contribution in [-0.2, 0) is 0 Å². The van der Waals surface area contributed by atoms with Crippen molar-refractivity contribution in [2.75, 3.05) is 6.61 Å². The molecule has 3 N–H and O–H groups in total. The Hall–Kier alpha value is -1.86. The van der Waals surface area contributed by atoms with E-state index in [0.717, 1.165) is 0 Å². The molecule has 0 bridgehead atoms. The second kappa shape index (κ2) is 4.98. The molecular formula is C9H11F3N4O. The van der Waals surface area contributed by atoms with Gasteiger partial charge in [0.1, 0.15) is 18.1 Å². The highest BCUT2D eigenvalue weighted by atomic mass is 19.4. The van der Waals surface area contributed by atoms with Crippen molar-refractivity contribution in [3.63, 3.8) is 0 Å². The van der Waals surface area contributed by atoms with E-state index in [4.69, 9.17) is 15.9 Å². The summed E-state index contributed by atoms with van der Waals surface area (Å²) in [5.41, 5.74) is 5.80. The Balaban J connectivity index is 2.68. The predicted octanol–water partition coefficient (Wildman–Crippen LogP) is 1.40. The molecule has 1 aromatic rings. The van der Waals surface area contributed by atoms with E-state index in [9.17, 15) is 13.2 Å². The van der Waals surface area contributed by atoms with Crippen molar-refractivity contribution in [3.05, 3.63) is 17.5 Å². The summed E-state index contributed by atoms with van der Waals surface area (Å²) in [7, 11) is 0. The van der Waals surface area contributed by atoms with Crippen LogP contribution < -0.4 is 10.5 Å². The molecule has 0 spiro atoms. The van der Waals surface area contributed by atoms with E-state index in [1.807, 2.05) is 0 Å². The Morgan fingerprint density at radius 3 is 2.65 bits per heavy atom. The van der Waals surface area contributed by atoms with Crippen LogP contribution in [-0.4, -0.2) is 28.6 Å². The molecule has 0 aliphatic rings. The number of halogens is 3. The first-order valence-corrected chi connectivity index (χ1v) is 4.67. The SMILES string of the molecule is Cc1cc(C(=N)N)nc(OCCC(F)(F)F)n1. The normalized spacial score (nSPS) is 11.3. The summed E-state index contributed by atoms with van der Waals surface area (Å²) in [6.45, 7) is 1.04. The monoisotopic (exact) mass is 248 g/mol. The van der Waals surface area contributed by atoms with E-state index in [1.54, 1.807) is 6.92 Å². The number of amidine groups is 1. The van der Waals surface area contributed by atoms with Crippen LogP contribution in [0.3, 0.4) is 0 Å². The van der Waals surface area contributed by atoms with Gasteiger partial charge in [0.25, 0.3) is 0 Å². The van der Waals surface area contributed by atoms with E-state index >= 15 is 0 Å². The molecule has 1 aromatic heterocycles. The Morgan fingerprint density at radius 2 is 2.12 bits per heavy atom. The van der Waals surface area contributed by atoms with Gasteiger partial charge in [0.2, 0.25) is 0 Å². The first-order valence-electron chi connectivity index (χ1n) is 4.67. The third-order valence-electron chi connectivity index (χ3n) is 1.73. The van der Waals surface area contributed by atoms with E-state index in [-0.39, 0.29) is 17.5 Å². The molecule has 0 aromatic carbocycles. The maximum Gasteiger partial charge on any atom is 0.392 e. The number of rotatable bonds is 4. The number of hydrogen-bond donors (Lipinski definition) is 2. The molecule has 0 aliphatic carbocycles. The maximum atomic E-state index is 11.9. The fraction of sp³-hybridized carbons (Fsp3) is 0.444. The van der Waals surface area contributed by atoms with Crippen molar-refractivity contribution >= 4 is 5.84 Å². The van der Waals surface area contributed by atoms with Gasteiger partial charge < -0.3 is 10.5 Å². The number of alkyl halides is 3. The van der Waals surface area contributed by atoms with Crippen LogP contribution in [0.5, 0.6) is 6.01 Å². The number of ether oxygens (including phenoxy) is 1. The standard InChI is InChI=1S/C9H11F3N4O/c1-5-4-6(7(13)14)16-8(15-5)17-3-2-9(10,11)12/h4H,2-3H2,1H3,(H3,13,14). The summed E-state index contributed by atoms with van der Waals surface area (Å²) >= 11 is 0. The summed E-state index contributed by atoms with van der Waals surface area (Å²) in [5.74, 6) is -0.295. The van der Waals surface area contributed by atoms with Gasteiger partial charge in [-0.2, -0.15) is 18.2 Å². The van der Waals surface area contributed by atoms with E-state index in [1.165, 1.54) is 6.07 Å². The van der Waals surface area contributed by atoms with Crippen LogP contribution in [0.15, 0.2) is 6.07 Å². The first kappa shape index (κ1) is 13.2. The minimum absolute atomic E-state index is 0.125. The van der Waals surface area contributed by atoms with Gasteiger partial charge in [0.05, 0.1) is 6.42 Å². The third-order valence-corrected chi connectivity index (χ3v) is 1.73. The number of aryl methyl sites for hydroxylation is 1. The van der Waals surface area contributed by atoms with Gasteiger partial charge >= 0.3 is 12.2 Å². The van der Waals surface area contributed by atoms with Crippen LogP contribution >= 0.6 is 0 Å². The smallest absolute Gasteiger partial charge is 0.392 e. The molecular weight excluding hydrogens is 237 g/mol. The largest absolute Gasteiger partial charge is 0.463 e. The second-order valence-electron chi connectivity index (χ2n) is 3.30. The molecule has 0 radical (unpaired) electrons. The zero-order valence-electron chi connectivity index (χ0n) is 9.01. The second-order valence-corrected chi connectivity index (χ2v) is 3.30. The van der Waals surface area contributed by atoms with Crippen LogP contribution in [0.25, 0.3) is 0 Å². The molecule has 1 rings (SSSR count). The topological polar surface area (TPSA) is 84.9 Å². The lowest BCUT2D eigenvalue weighted by molar-refractivity contribution is -0.139. The fourth-order valence-electron chi connectivity index (χ4n) is 1.00. The van der Waals surface area contributed by atoms with E-state index in [2.05, 4.69) is 9.97 Å². The number of nitrogen functional groups attached to an aromatic ring is 1. The first-order chi connectivity index (χ1) is 7.78. The number of aromatic nitrogens is 2. The van der Waals surface area contributed by atoms with Gasteiger partial charge in [-0.1, -0.05) is 0 Å². The number of nitrogens with two attached hydrogens (primary N) is 1. The molecule has 0 saturated carbocycles. The van der Waals surface area contributed by atoms with Gasteiger partial charge in [-0.15, -0.1) is 0 Å². The maximum absolute atomic E-state index is 11.9. The van der Waals surface area contributed by atoms with Gasteiger partial charge in [-0.25, -0.2) is 4.98 Å². The quantitative estimate of drug-likeness (QED) is 0.623. The Bertz CT molecular complexity index is 419. The number of nitrogens with zero attached hydrogens (tertiary/aromatic N) is 2.